The van der Waals surface area contributed by atoms with E-state index < -0.39 is 15.5 Å². The van der Waals surface area contributed by atoms with Gasteiger partial charge in [-0.2, -0.15) is 0 Å². The van der Waals surface area contributed by atoms with Crippen molar-refractivity contribution in [3.05, 3.63) is 22.7 Å². The van der Waals surface area contributed by atoms with Crippen LogP contribution in [-0.2, 0) is 10.8 Å². The highest BCUT2D eigenvalue weighted by Crippen LogP contribution is 2.37. The van der Waals surface area contributed by atoms with Crippen LogP contribution in [-0.4, -0.2) is 52.3 Å². The van der Waals surface area contributed by atoms with Crippen LogP contribution < -0.4 is 9.47 Å². The molecule has 0 bridgehead atoms. The van der Waals surface area contributed by atoms with Crippen LogP contribution in [0.3, 0.4) is 0 Å². The molecule has 1 aromatic rings. The number of ether oxygens (including phenoxy) is 2. The fourth-order valence-electron chi connectivity index (χ4n) is 2.62. The molecule has 7 heteroatoms. The highest BCUT2D eigenvalue weighted by molar-refractivity contribution is 7.86. The zero-order chi connectivity index (χ0) is 17.9. The molecule has 0 aromatic heterocycles. The molecule has 0 aliphatic carbocycles. The van der Waals surface area contributed by atoms with Gasteiger partial charge >= 0.3 is 0 Å². The summed E-state index contributed by atoms with van der Waals surface area (Å²) in [7, 11) is 0.593. The molecule has 0 spiro atoms. The Hall–Kier alpha value is -1.27. The van der Waals surface area contributed by atoms with Crippen molar-refractivity contribution in [3.63, 3.8) is 0 Å². The van der Waals surface area contributed by atoms with Crippen molar-refractivity contribution in [2.75, 3.05) is 32.6 Å². The number of nitrogens with zero attached hydrogens (tertiary/aromatic N) is 1. The van der Waals surface area contributed by atoms with E-state index in [0.29, 0.717) is 47.5 Å². The number of amides is 1. The van der Waals surface area contributed by atoms with E-state index in [0.717, 1.165) is 6.42 Å². The number of carbonyl (C=O) groups is 1. The first-order chi connectivity index (χ1) is 11.3. The first-order valence-corrected chi connectivity index (χ1v) is 9.68. The fourth-order valence-corrected chi connectivity index (χ4v) is 4.13. The van der Waals surface area contributed by atoms with E-state index in [2.05, 4.69) is 0 Å². The minimum Gasteiger partial charge on any atom is -0.493 e. The van der Waals surface area contributed by atoms with Gasteiger partial charge in [-0.15, -0.1) is 0 Å². The van der Waals surface area contributed by atoms with Gasteiger partial charge in [-0.25, -0.2) is 0 Å². The van der Waals surface area contributed by atoms with Gasteiger partial charge in [0.2, 0.25) is 0 Å². The molecule has 0 radical (unpaired) electrons. The molecule has 1 fully saturated rings. The van der Waals surface area contributed by atoms with Gasteiger partial charge in [0.15, 0.2) is 11.5 Å². The summed E-state index contributed by atoms with van der Waals surface area (Å²) in [5.74, 6) is 1.25. The highest BCUT2D eigenvalue weighted by atomic mass is 35.5. The van der Waals surface area contributed by atoms with Gasteiger partial charge in [0.1, 0.15) is 0 Å². The van der Waals surface area contributed by atoms with Gasteiger partial charge in [0.25, 0.3) is 5.91 Å². The van der Waals surface area contributed by atoms with Crippen molar-refractivity contribution in [3.8, 4) is 11.5 Å². The van der Waals surface area contributed by atoms with E-state index in [4.69, 9.17) is 21.1 Å². The smallest absolute Gasteiger partial charge is 0.254 e. The molecule has 1 atom stereocenters. The summed E-state index contributed by atoms with van der Waals surface area (Å²) in [5, 5.41) is 0.353. The Labute approximate surface area is 150 Å². The molecule has 1 aromatic carbocycles. The molecule has 1 amide bonds. The topological polar surface area (TPSA) is 55.8 Å². The molecule has 1 aliphatic heterocycles. The Morgan fingerprint density at radius 3 is 2.71 bits per heavy atom. The van der Waals surface area contributed by atoms with E-state index in [1.165, 1.54) is 7.11 Å². The molecule has 5 nitrogen and oxygen atoms in total. The van der Waals surface area contributed by atoms with Crippen LogP contribution in [0.1, 0.15) is 37.6 Å². The SMILES string of the molecule is CCCOc1c(Cl)cc(C(=O)N2CCS(=O)C(C)(C)C2)cc1OC. The van der Waals surface area contributed by atoms with Crippen molar-refractivity contribution in [1.82, 2.24) is 4.90 Å². The summed E-state index contributed by atoms with van der Waals surface area (Å²) in [6, 6.07) is 3.26. The molecule has 0 N–H and O–H groups in total. The quantitative estimate of drug-likeness (QED) is 0.795. The van der Waals surface area contributed by atoms with Gasteiger partial charge < -0.3 is 14.4 Å². The minimum absolute atomic E-state index is 0.137. The lowest BCUT2D eigenvalue weighted by atomic mass is 10.1. The average molecular weight is 374 g/mol. The second-order valence-corrected chi connectivity index (χ2v) is 8.99. The monoisotopic (exact) mass is 373 g/mol. The van der Waals surface area contributed by atoms with Crippen molar-refractivity contribution in [2.45, 2.75) is 31.9 Å². The number of hydrogen-bond donors (Lipinski definition) is 0. The number of methoxy groups -OCH3 is 1. The molecule has 1 heterocycles. The van der Waals surface area contributed by atoms with Gasteiger partial charge in [-0.1, -0.05) is 18.5 Å². The molecular formula is C17H24ClNO4S. The predicted molar refractivity (Wildman–Crippen MR) is 96.8 cm³/mol. The number of halogens is 1. The van der Waals surface area contributed by atoms with Gasteiger partial charge in [0.05, 0.1) is 23.5 Å². The molecule has 2 rings (SSSR count). The van der Waals surface area contributed by atoms with E-state index in [9.17, 15) is 9.00 Å². The predicted octanol–water partition coefficient (Wildman–Crippen LogP) is 3.12. The van der Waals surface area contributed by atoms with E-state index in [1.54, 1.807) is 17.0 Å². The van der Waals surface area contributed by atoms with Crippen LogP contribution >= 0.6 is 11.6 Å². The molecule has 1 aliphatic rings. The summed E-state index contributed by atoms with van der Waals surface area (Å²) in [4.78, 5) is 14.5. The van der Waals surface area contributed by atoms with E-state index in [1.807, 2.05) is 20.8 Å². The van der Waals surface area contributed by atoms with Crippen molar-refractivity contribution >= 4 is 28.3 Å². The van der Waals surface area contributed by atoms with Crippen LogP contribution in [0.5, 0.6) is 11.5 Å². The summed E-state index contributed by atoms with van der Waals surface area (Å²) in [6.07, 6.45) is 0.847. The average Bonchev–Trinajstić information content (AvgIpc) is 2.54. The maximum Gasteiger partial charge on any atom is 0.254 e. The van der Waals surface area contributed by atoms with E-state index >= 15 is 0 Å². The minimum atomic E-state index is -0.927. The number of hydrogen-bond acceptors (Lipinski definition) is 4. The third-order valence-electron chi connectivity index (χ3n) is 3.95. The fraction of sp³-hybridized carbons (Fsp3) is 0.588. The Morgan fingerprint density at radius 1 is 1.42 bits per heavy atom. The Bertz CT molecular complexity index is 648. The lowest BCUT2D eigenvalue weighted by Crippen LogP contribution is -2.52. The first kappa shape index (κ1) is 19.1. The largest absolute Gasteiger partial charge is 0.493 e. The summed E-state index contributed by atoms with van der Waals surface area (Å²) in [6.45, 7) is 7.28. The Balaban J connectivity index is 2.27. The summed E-state index contributed by atoms with van der Waals surface area (Å²) in [5.41, 5.74) is 0.448. The zero-order valence-electron chi connectivity index (χ0n) is 14.6. The molecule has 0 saturated carbocycles. The highest BCUT2D eigenvalue weighted by Gasteiger charge is 2.35. The van der Waals surface area contributed by atoms with Crippen molar-refractivity contribution in [1.29, 1.82) is 0 Å². The van der Waals surface area contributed by atoms with Crippen molar-refractivity contribution in [2.24, 2.45) is 0 Å². The molecular weight excluding hydrogens is 350 g/mol. The maximum absolute atomic E-state index is 12.8. The normalized spacial score (nSPS) is 19.9. The van der Waals surface area contributed by atoms with Crippen LogP contribution in [0, 0.1) is 0 Å². The lowest BCUT2D eigenvalue weighted by Gasteiger charge is -2.37. The molecule has 24 heavy (non-hydrogen) atoms. The van der Waals surface area contributed by atoms with Gasteiger partial charge in [-0.3, -0.25) is 9.00 Å². The number of rotatable bonds is 5. The number of carbonyl (C=O) groups excluding carboxylic acids is 1. The van der Waals surface area contributed by atoms with Crippen LogP contribution in [0.25, 0.3) is 0 Å². The van der Waals surface area contributed by atoms with Gasteiger partial charge in [-0.05, 0) is 32.4 Å². The standard InChI is InChI=1S/C17H24ClNO4S/c1-5-7-23-15-13(18)9-12(10-14(15)22-4)16(20)19-6-8-24(21)17(2,3)11-19/h9-10H,5-8,11H2,1-4H3. The molecule has 134 valence electrons. The Morgan fingerprint density at radius 2 is 2.12 bits per heavy atom. The zero-order valence-corrected chi connectivity index (χ0v) is 16.1. The third kappa shape index (κ3) is 4.03. The van der Waals surface area contributed by atoms with Crippen LogP contribution in [0.2, 0.25) is 5.02 Å². The maximum atomic E-state index is 12.8. The Kier molecular flexibility index (Phi) is 6.15. The second-order valence-electron chi connectivity index (χ2n) is 6.37. The van der Waals surface area contributed by atoms with Crippen molar-refractivity contribution < 1.29 is 18.5 Å². The lowest BCUT2D eigenvalue weighted by molar-refractivity contribution is 0.0745. The molecule has 1 saturated heterocycles. The summed E-state index contributed by atoms with van der Waals surface area (Å²) < 4.78 is 22.6. The first-order valence-electron chi connectivity index (χ1n) is 7.98. The second kappa shape index (κ2) is 7.74. The van der Waals surface area contributed by atoms with Crippen LogP contribution in [0.4, 0.5) is 0 Å². The summed E-state index contributed by atoms with van der Waals surface area (Å²) >= 11 is 6.29. The van der Waals surface area contributed by atoms with Crippen LogP contribution in [0.15, 0.2) is 12.1 Å². The third-order valence-corrected chi connectivity index (χ3v) is 6.14. The number of benzene rings is 1. The molecule has 1 unspecified atom stereocenters. The van der Waals surface area contributed by atoms with E-state index in [-0.39, 0.29) is 5.91 Å². The van der Waals surface area contributed by atoms with Gasteiger partial charge in [0, 0.05) is 35.2 Å².